The van der Waals surface area contributed by atoms with Crippen LogP contribution in [0.3, 0.4) is 0 Å². The summed E-state index contributed by atoms with van der Waals surface area (Å²) in [6.45, 7) is 0.611. The predicted octanol–water partition coefficient (Wildman–Crippen LogP) is 2.61. The summed E-state index contributed by atoms with van der Waals surface area (Å²) in [6.07, 6.45) is 3.89. The zero-order valence-corrected chi connectivity index (χ0v) is 19.5. The second-order valence-electron chi connectivity index (χ2n) is 8.76. The summed E-state index contributed by atoms with van der Waals surface area (Å²) in [5, 5.41) is 11.2. The van der Waals surface area contributed by atoms with Gasteiger partial charge in [-0.1, -0.05) is 23.7 Å². The Labute approximate surface area is 200 Å². The molecule has 1 aromatic carbocycles. The van der Waals surface area contributed by atoms with Gasteiger partial charge in [-0.15, -0.1) is 0 Å². The van der Waals surface area contributed by atoms with E-state index in [1.165, 1.54) is 49.1 Å². The van der Waals surface area contributed by atoms with Crippen LogP contribution in [0.5, 0.6) is 0 Å². The molecule has 0 atom stereocenters. The molecule has 4 rings (SSSR count). The Morgan fingerprint density at radius 2 is 1.82 bits per heavy atom. The first kappa shape index (κ1) is 23.8. The maximum absolute atomic E-state index is 13.2. The first-order valence-electron chi connectivity index (χ1n) is 10.8. The van der Waals surface area contributed by atoms with Gasteiger partial charge < -0.3 is 14.9 Å². The largest absolute Gasteiger partial charge is 0.389 e. The lowest BCUT2D eigenvalue weighted by Gasteiger charge is -2.38. The molecule has 8 nitrogen and oxygen atoms in total. The fourth-order valence-corrected chi connectivity index (χ4v) is 4.34. The molecular weight excluding hydrogens is 463 g/mol. The molecule has 2 aromatic heterocycles. The number of carbonyl (C=O) groups is 3. The van der Waals surface area contributed by atoms with E-state index in [0.29, 0.717) is 37.9 Å². The van der Waals surface area contributed by atoms with Gasteiger partial charge in [0.1, 0.15) is 5.82 Å². The Morgan fingerprint density at radius 3 is 2.44 bits per heavy atom. The molecule has 1 aliphatic heterocycles. The molecular formula is C24H24ClFN4O4. The number of pyridine rings is 1. The summed E-state index contributed by atoms with van der Waals surface area (Å²) >= 11 is 6.37. The quantitative estimate of drug-likeness (QED) is 0.442. The number of hydrogen-bond acceptors (Lipinski definition) is 5. The van der Waals surface area contributed by atoms with Gasteiger partial charge in [0.05, 0.1) is 27.9 Å². The van der Waals surface area contributed by atoms with Gasteiger partial charge in [0.25, 0.3) is 17.6 Å². The predicted molar refractivity (Wildman–Crippen MR) is 123 cm³/mol. The van der Waals surface area contributed by atoms with Crippen molar-refractivity contribution in [3.8, 4) is 0 Å². The maximum atomic E-state index is 13.2. The van der Waals surface area contributed by atoms with E-state index in [1.807, 2.05) is 0 Å². The van der Waals surface area contributed by atoms with Crippen LogP contribution in [0, 0.1) is 5.82 Å². The number of hydrogen-bond donors (Lipinski definition) is 1. The van der Waals surface area contributed by atoms with Crippen LogP contribution in [0.2, 0.25) is 5.02 Å². The number of ketones is 1. The number of aliphatic hydroxyl groups is 1. The van der Waals surface area contributed by atoms with Crippen molar-refractivity contribution in [3.05, 3.63) is 70.5 Å². The molecule has 0 bridgehead atoms. The third-order valence-corrected chi connectivity index (χ3v) is 6.39. The van der Waals surface area contributed by atoms with Crippen LogP contribution in [0.15, 0.2) is 42.7 Å². The van der Waals surface area contributed by atoms with Crippen LogP contribution >= 0.6 is 11.6 Å². The number of rotatable bonds is 5. The number of aromatic nitrogens is 2. The van der Waals surface area contributed by atoms with Gasteiger partial charge in [-0.25, -0.2) is 9.37 Å². The van der Waals surface area contributed by atoms with Crippen molar-refractivity contribution in [1.29, 1.82) is 0 Å². The summed E-state index contributed by atoms with van der Waals surface area (Å²) in [5.41, 5.74) is 0.465. The fraction of sp³-hybridized carbons (Fsp3) is 0.333. The molecule has 0 aliphatic carbocycles. The highest BCUT2D eigenvalue weighted by Gasteiger charge is 2.35. The smallest absolute Gasteiger partial charge is 0.297 e. The third kappa shape index (κ3) is 4.67. The number of nitrogens with zero attached hydrogens (tertiary/aromatic N) is 4. The van der Waals surface area contributed by atoms with Crippen molar-refractivity contribution in [2.75, 3.05) is 27.2 Å². The Balaban J connectivity index is 1.52. The number of Topliss-reactive ketones (excluding diaryl/α,β-unsaturated/α-hetero) is 1. The van der Waals surface area contributed by atoms with Crippen LogP contribution in [-0.4, -0.2) is 74.7 Å². The highest BCUT2D eigenvalue weighted by molar-refractivity contribution is 6.41. The van der Waals surface area contributed by atoms with E-state index in [0.717, 1.165) is 10.5 Å². The second-order valence-corrected chi connectivity index (χ2v) is 9.17. The van der Waals surface area contributed by atoms with E-state index >= 15 is 0 Å². The summed E-state index contributed by atoms with van der Waals surface area (Å²) < 4.78 is 14.5. The van der Waals surface area contributed by atoms with E-state index in [2.05, 4.69) is 4.98 Å². The van der Waals surface area contributed by atoms with E-state index < -0.39 is 17.3 Å². The molecule has 3 aromatic rings. The molecule has 178 valence electrons. The van der Waals surface area contributed by atoms with Crippen molar-refractivity contribution in [1.82, 2.24) is 19.2 Å². The Kier molecular flexibility index (Phi) is 6.42. The lowest BCUT2D eigenvalue weighted by atomic mass is 9.85. The molecule has 10 heteroatoms. The first-order valence-corrected chi connectivity index (χ1v) is 11.1. The van der Waals surface area contributed by atoms with Crippen molar-refractivity contribution in [2.45, 2.75) is 24.9 Å². The van der Waals surface area contributed by atoms with Crippen molar-refractivity contribution >= 4 is 34.7 Å². The van der Waals surface area contributed by atoms with E-state index in [1.54, 1.807) is 17.0 Å². The zero-order valence-electron chi connectivity index (χ0n) is 18.8. The minimum Gasteiger partial charge on any atom is -0.389 e. The highest BCUT2D eigenvalue weighted by Crippen LogP contribution is 2.29. The number of halogens is 2. The van der Waals surface area contributed by atoms with E-state index in [-0.39, 0.29) is 28.1 Å². The summed E-state index contributed by atoms with van der Waals surface area (Å²) in [5.74, 6) is -2.31. The molecule has 1 aliphatic rings. The van der Waals surface area contributed by atoms with Gasteiger partial charge in [-0.05, 0) is 36.6 Å². The standard InChI is InChI=1S/C24H24ClFN4O4/c1-28(2)23(33)20(31)21-27-13-17-11-19(25)18(14-30(17)21)22(32)29-9-7-24(34,8-10-29)12-15-3-5-16(26)6-4-15/h3-6,11,13-14,34H,7-10,12H2,1-2H3. The number of imidazole rings is 1. The number of amides is 2. The topological polar surface area (TPSA) is 95.2 Å². The van der Waals surface area contributed by atoms with Gasteiger partial charge in [0.2, 0.25) is 0 Å². The SMILES string of the molecule is CN(C)C(=O)C(=O)c1ncc2cc(Cl)c(C(=O)N3CCC(O)(Cc4ccc(F)cc4)CC3)cn12. The summed E-state index contributed by atoms with van der Waals surface area (Å²) in [7, 11) is 2.94. The minimum absolute atomic E-state index is 0.105. The molecule has 1 saturated heterocycles. The van der Waals surface area contributed by atoms with Gasteiger partial charge in [-0.2, -0.15) is 0 Å². The lowest BCUT2D eigenvalue weighted by molar-refractivity contribution is -0.124. The molecule has 0 unspecified atom stereocenters. The number of fused-ring (bicyclic) bond motifs is 1. The number of carbonyl (C=O) groups excluding carboxylic acids is 3. The van der Waals surface area contributed by atoms with Crippen molar-refractivity contribution < 1.29 is 23.9 Å². The van der Waals surface area contributed by atoms with Crippen molar-refractivity contribution in [2.24, 2.45) is 0 Å². The maximum Gasteiger partial charge on any atom is 0.297 e. The summed E-state index contributed by atoms with van der Waals surface area (Å²) in [4.78, 5) is 44.7. The third-order valence-electron chi connectivity index (χ3n) is 6.08. The number of benzene rings is 1. The highest BCUT2D eigenvalue weighted by atomic mass is 35.5. The lowest BCUT2D eigenvalue weighted by Crippen LogP contribution is -2.47. The number of piperidine rings is 1. The van der Waals surface area contributed by atoms with Gasteiger partial charge in [-0.3, -0.25) is 18.8 Å². The van der Waals surface area contributed by atoms with Crippen LogP contribution < -0.4 is 0 Å². The van der Waals surface area contributed by atoms with E-state index in [4.69, 9.17) is 11.6 Å². The first-order chi connectivity index (χ1) is 16.1. The van der Waals surface area contributed by atoms with E-state index in [9.17, 15) is 23.9 Å². The summed E-state index contributed by atoms with van der Waals surface area (Å²) in [6, 6.07) is 7.52. The molecule has 34 heavy (non-hydrogen) atoms. The Hall–Kier alpha value is -3.30. The second kappa shape index (κ2) is 9.15. The molecule has 0 saturated carbocycles. The minimum atomic E-state index is -1.00. The molecule has 2 amide bonds. The van der Waals surface area contributed by atoms with Gasteiger partial charge in [0, 0.05) is 39.8 Å². The van der Waals surface area contributed by atoms with Crippen LogP contribution in [-0.2, 0) is 11.2 Å². The Morgan fingerprint density at radius 1 is 1.18 bits per heavy atom. The average molecular weight is 487 g/mol. The zero-order chi connectivity index (χ0) is 24.6. The monoisotopic (exact) mass is 486 g/mol. The van der Waals surface area contributed by atoms with Crippen molar-refractivity contribution in [3.63, 3.8) is 0 Å². The van der Waals surface area contributed by atoms with Gasteiger partial charge in [0.15, 0.2) is 5.82 Å². The number of likely N-dealkylation sites (tertiary alicyclic amines) is 1. The average Bonchev–Trinajstić information content (AvgIpc) is 3.21. The van der Waals surface area contributed by atoms with Crippen LogP contribution in [0.4, 0.5) is 4.39 Å². The molecule has 1 N–H and O–H groups in total. The van der Waals surface area contributed by atoms with Crippen LogP contribution in [0.25, 0.3) is 5.52 Å². The molecule has 3 heterocycles. The van der Waals surface area contributed by atoms with Gasteiger partial charge >= 0.3 is 0 Å². The molecule has 0 radical (unpaired) electrons. The number of likely N-dealkylation sites (N-methyl/N-ethyl adjacent to an activating group) is 1. The fourth-order valence-electron chi connectivity index (χ4n) is 4.09. The molecule has 1 fully saturated rings. The Bertz CT molecular complexity index is 1260. The molecule has 0 spiro atoms. The van der Waals surface area contributed by atoms with Crippen LogP contribution in [0.1, 0.15) is 39.4 Å². The normalized spacial score (nSPS) is 15.4.